The highest BCUT2D eigenvalue weighted by molar-refractivity contribution is 5.77. The van der Waals surface area contributed by atoms with Crippen molar-refractivity contribution in [2.24, 2.45) is 0 Å². The fourth-order valence-corrected chi connectivity index (χ4v) is 2.33. The minimum atomic E-state index is 0.466. The molecule has 0 amide bonds. The highest BCUT2D eigenvalue weighted by Crippen LogP contribution is 2.18. The second-order valence-electron chi connectivity index (χ2n) is 5.02. The van der Waals surface area contributed by atoms with E-state index in [1.54, 1.807) is 0 Å². The lowest BCUT2D eigenvalue weighted by molar-refractivity contribution is 0.268. The zero-order chi connectivity index (χ0) is 13.7. The van der Waals surface area contributed by atoms with Crippen molar-refractivity contribution in [3.8, 4) is 0 Å². The van der Waals surface area contributed by atoms with Gasteiger partial charge in [0.15, 0.2) is 0 Å². The van der Waals surface area contributed by atoms with Gasteiger partial charge in [-0.3, -0.25) is 0 Å². The Kier molecular flexibility index (Phi) is 5.00. The number of benzene rings is 1. The number of hydrogen-bond donors (Lipinski definition) is 1. The van der Waals surface area contributed by atoms with Gasteiger partial charge in [0.25, 0.3) is 0 Å². The maximum absolute atomic E-state index is 5.80. The first-order valence-corrected chi connectivity index (χ1v) is 7.16. The molecule has 0 spiro atoms. The van der Waals surface area contributed by atoms with Crippen LogP contribution in [0.15, 0.2) is 34.7 Å². The first kappa shape index (κ1) is 14.1. The van der Waals surface area contributed by atoms with Crippen molar-refractivity contribution in [2.45, 2.75) is 33.4 Å². The molecule has 1 aromatic heterocycles. The van der Waals surface area contributed by atoms with Crippen LogP contribution in [0, 0.1) is 0 Å². The van der Waals surface area contributed by atoms with Gasteiger partial charge in [0.2, 0.25) is 0 Å². The lowest BCUT2D eigenvalue weighted by atomic mass is 10.2. The van der Waals surface area contributed by atoms with Crippen LogP contribution in [0.25, 0.3) is 11.0 Å². The summed E-state index contributed by atoms with van der Waals surface area (Å²) >= 11 is 0. The van der Waals surface area contributed by atoms with E-state index in [2.05, 4.69) is 43.1 Å². The van der Waals surface area contributed by atoms with Crippen molar-refractivity contribution in [1.29, 1.82) is 0 Å². The predicted molar refractivity (Wildman–Crippen MR) is 80.3 cm³/mol. The number of fused-ring (bicyclic) bond motifs is 1. The molecule has 0 fully saturated rings. The van der Waals surface area contributed by atoms with E-state index in [4.69, 9.17) is 4.42 Å². The van der Waals surface area contributed by atoms with Gasteiger partial charge in [0.1, 0.15) is 11.3 Å². The van der Waals surface area contributed by atoms with Gasteiger partial charge in [0, 0.05) is 18.0 Å². The van der Waals surface area contributed by atoms with Gasteiger partial charge in [-0.05, 0) is 32.1 Å². The number of para-hydroxylation sites is 1. The molecule has 104 valence electrons. The molecule has 0 aliphatic carbocycles. The summed E-state index contributed by atoms with van der Waals surface area (Å²) in [5.74, 6) is 1.01. The Morgan fingerprint density at radius 3 is 2.63 bits per heavy atom. The Morgan fingerprint density at radius 1 is 1.21 bits per heavy atom. The van der Waals surface area contributed by atoms with Crippen LogP contribution in [0.3, 0.4) is 0 Å². The average molecular weight is 260 g/mol. The van der Waals surface area contributed by atoms with Crippen molar-refractivity contribution in [3.05, 3.63) is 36.1 Å². The van der Waals surface area contributed by atoms with Gasteiger partial charge in [-0.25, -0.2) is 0 Å². The molecule has 0 aliphatic heterocycles. The van der Waals surface area contributed by atoms with Gasteiger partial charge >= 0.3 is 0 Å². The quantitative estimate of drug-likeness (QED) is 0.828. The number of nitrogens with one attached hydrogen (secondary N) is 1. The Balaban J connectivity index is 1.87. The van der Waals surface area contributed by atoms with Crippen molar-refractivity contribution in [1.82, 2.24) is 10.2 Å². The third kappa shape index (κ3) is 3.82. The van der Waals surface area contributed by atoms with Gasteiger partial charge < -0.3 is 14.6 Å². The molecule has 0 saturated heterocycles. The normalized spacial score (nSPS) is 13.3. The van der Waals surface area contributed by atoms with Crippen molar-refractivity contribution in [3.63, 3.8) is 0 Å². The topological polar surface area (TPSA) is 28.4 Å². The summed E-state index contributed by atoms with van der Waals surface area (Å²) in [5.41, 5.74) is 0.968. The summed E-state index contributed by atoms with van der Waals surface area (Å²) in [7, 11) is 0. The van der Waals surface area contributed by atoms with Crippen LogP contribution in [-0.4, -0.2) is 30.6 Å². The summed E-state index contributed by atoms with van der Waals surface area (Å²) in [5, 5.41) is 4.70. The van der Waals surface area contributed by atoms with Crippen LogP contribution in [0.5, 0.6) is 0 Å². The van der Waals surface area contributed by atoms with E-state index in [1.807, 2.05) is 18.2 Å². The van der Waals surface area contributed by atoms with Crippen molar-refractivity contribution < 1.29 is 4.42 Å². The lowest BCUT2D eigenvalue weighted by Crippen LogP contribution is -2.38. The lowest BCUT2D eigenvalue weighted by Gasteiger charge is -2.23. The molecule has 2 aromatic rings. The van der Waals surface area contributed by atoms with Gasteiger partial charge in [-0.1, -0.05) is 32.0 Å². The molecule has 3 nitrogen and oxygen atoms in total. The number of rotatable bonds is 7. The molecule has 3 heteroatoms. The minimum absolute atomic E-state index is 0.466. The maximum atomic E-state index is 5.80. The molecule has 2 rings (SSSR count). The Hall–Kier alpha value is -1.32. The van der Waals surface area contributed by atoms with Gasteiger partial charge in [-0.15, -0.1) is 0 Å². The van der Waals surface area contributed by atoms with Crippen LogP contribution in [-0.2, 0) is 6.54 Å². The molecule has 0 bridgehead atoms. The first-order valence-electron chi connectivity index (χ1n) is 7.16. The van der Waals surface area contributed by atoms with E-state index >= 15 is 0 Å². The molecule has 1 unspecified atom stereocenters. The Labute approximate surface area is 115 Å². The van der Waals surface area contributed by atoms with Gasteiger partial charge in [-0.2, -0.15) is 0 Å². The highest BCUT2D eigenvalue weighted by atomic mass is 16.3. The Bertz CT molecular complexity index is 469. The van der Waals surface area contributed by atoms with E-state index in [0.29, 0.717) is 6.04 Å². The highest BCUT2D eigenvalue weighted by Gasteiger charge is 2.08. The molecule has 0 radical (unpaired) electrons. The molecule has 1 heterocycles. The molecule has 19 heavy (non-hydrogen) atoms. The Morgan fingerprint density at radius 2 is 1.95 bits per heavy atom. The monoisotopic (exact) mass is 260 g/mol. The second-order valence-corrected chi connectivity index (χ2v) is 5.02. The van der Waals surface area contributed by atoms with E-state index in [-0.39, 0.29) is 0 Å². The number of likely N-dealkylation sites (N-methyl/N-ethyl adjacent to an activating group) is 1. The maximum Gasteiger partial charge on any atom is 0.134 e. The smallest absolute Gasteiger partial charge is 0.134 e. The fraction of sp³-hybridized carbons (Fsp3) is 0.500. The second kappa shape index (κ2) is 6.73. The van der Waals surface area contributed by atoms with E-state index in [9.17, 15) is 0 Å². The van der Waals surface area contributed by atoms with Crippen LogP contribution in [0.2, 0.25) is 0 Å². The standard InChI is InChI=1S/C16H24N2O/c1-4-18(5-2)12-13(3)17-11-15-10-14-8-6-7-9-16(14)19-15/h6-10,13,17H,4-5,11-12H2,1-3H3. The van der Waals surface area contributed by atoms with Crippen LogP contribution in [0.1, 0.15) is 26.5 Å². The van der Waals surface area contributed by atoms with Crippen LogP contribution in [0.4, 0.5) is 0 Å². The third-order valence-corrected chi connectivity index (χ3v) is 3.53. The summed E-state index contributed by atoms with van der Waals surface area (Å²) in [6, 6.07) is 10.7. The largest absolute Gasteiger partial charge is 0.460 e. The number of furan rings is 1. The van der Waals surface area contributed by atoms with Crippen molar-refractivity contribution >= 4 is 11.0 Å². The fourth-order valence-electron chi connectivity index (χ4n) is 2.33. The summed E-state index contributed by atoms with van der Waals surface area (Å²) < 4.78 is 5.80. The molecule has 0 aliphatic rings. The SMILES string of the molecule is CCN(CC)CC(C)NCc1cc2ccccc2o1. The molecular formula is C16H24N2O. The van der Waals surface area contributed by atoms with E-state index in [0.717, 1.165) is 37.5 Å². The third-order valence-electron chi connectivity index (χ3n) is 3.53. The van der Waals surface area contributed by atoms with E-state index in [1.165, 1.54) is 5.39 Å². The molecule has 1 aromatic carbocycles. The summed E-state index contributed by atoms with van der Waals surface area (Å²) in [6.45, 7) is 10.7. The molecule has 1 atom stereocenters. The van der Waals surface area contributed by atoms with E-state index < -0.39 is 0 Å². The molecule has 0 saturated carbocycles. The van der Waals surface area contributed by atoms with Crippen LogP contribution < -0.4 is 5.32 Å². The summed E-state index contributed by atoms with van der Waals surface area (Å²) in [4.78, 5) is 2.43. The molecular weight excluding hydrogens is 236 g/mol. The predicted octanol–water partition coefficient (Wildman–Crippen LogP) is 3.25. The zero-order valence-electron chi connectivity index (χ0n) is 12.1. The average Bonchev–Trinajstić information content (AvgIpc) is 2.85. The summed E-state index contributed by atoms with van der Waals surface area (Å²) in [6.07, 6.45) is 0. The zero-order valence-corrected chi connectivity index (χ0v) is 12.1. The number of hydrogen-bond acceptors (Lipinski definition) is 3. The van der Waals surface area contributed by atoms with Gasteiger partial charge in [0.05, 0.1) is 6.54 Å². The van der Waals surface area contributed by atoms with Crippen LogP contribution >= 0.6 is 0 Å². The number of nitrogens with zero attached hydrogens (tertiary/aromatic N) is 1. The van der Waals surface area contributed by atoms with Crippen molar-refractivity contribution in [2.75, 3.05) is 19.6 Å². The minimum Gasteiger partial charge on any atom is -0.460 e. The molecule has 1 N–H and O–H groups in total. The first-order chi connectivity index (χ1) is 9.22.